The molecule has 0 saturated carbocycles. The maximum Gasteiger partial charge on any atom is 0.345 e. The first-order chi connectivity index (χ1) is 15.9. The quantitative estimate of drug-likeness (QED) is 0.172. The van der Waals surface area contributed by atoms with Crippen LogP contribution in [0.1, 0.15) is 28.4 Å². The number of benzene rings is 3. The van der Waals surface area contributed by atoms with Crippen LogP contribution in [0.5, 0.6) is 5.75 Å². The zero-order valence-electron chi connectivity index (χ0n) is 17.5. The standard InChI is InChI=1S/C24H19Cl2N3O4/c1-2-15-6-9-18(10-7-15)28-22(30)23(31)29-27-14-16-4-3-5-19(12-16)33-24(32)20-11-8-17(25)13-21(20)26/h3-14H,2H2,1H3,(H,28,30)(H,29,31)/b27-14+. The molecule has 0 saturated heterocycles. The third-order valence-corrected chi connectivity index (χ3v) is 4.97. The first-order valence-corrected chi connectivity index (χ1v) is 10.6. The summed E-state index contributed by atoms with van der Waals surface area (Å²) in [6.45, 7) is 2.02. The molecule has 0 aliphatic heterocycles. The van der Waals surface area contributed by atoms with Crippen molar-refractivity contribution in [3.63, 3.8) is 0 Å². The van der Waals surface area contributed by atoms with Gasteiger partial charge >= 0.3 is 17.8 Å². The van der Waals surface area contributed by atoms with Crippen LogP contribution >= 0.6 is 23.2 Å². The summed E-state index contributed by atoms with van der Waals surface area (Å²) in [5.41, 5.74) is 4.47. The minimum absolute atomic E-state index is 0.169. The van der Waals surface area contributed by atoms with Crippen molar-refractivity contribution in [2.24, 2.45) is 5.10 Å². The number of anilines is 1. The average molecular weight is 484 g/mol. The summed E-state index contributed by atoms with van der Waals surface area (Å²) in [6, 6.07) is 18.1. The molecule has 0 spiro atoms. The van der Waals surface area contributed by atoms with E-state index in [2.05, 4.69) is 15.8 Å². The van der Waals surface area contributed by atoms with Gasteiger partial charge in [-0.15, -0.1) is 0 Å². The lowest BCUT2D eigenvalue weighted by Crippen LogP contribution is -2.32. The predicted octanol–water partition coefficient (Wildman–Crippen LogP) is 4.86. The highest BCUT2D eigenvalue weighted by molar-refractivity contribution is 6.39. The molecule has 168 valence electrons. The molecule has 0 radical (unpaired) electrons. The second kappa shape index (κ2) is 11.3. The van der Waals surface area contributed by atoms with Crippen LogP contribution in [0, 0.1) is 0 Å². The molecule has 33 heavy (non-hydrogen) atoms. The van der Waals surface area contributed by atoms with Gasteiger partial charge in [0.25, 0.3) is 0 Å². The molecule has 7 nitrogen and oxygen atoms in total. The largest absolute Gasteiger partial charge is 0.423 e. The van der Waals surface area contributed by atoms with E-state index in [9.17, 15) is 14.4 Å². The van der Waals surface area contributed by atoms with Crippen LogP contribution in [0.25, 0.3) is 0 Å². The second-order valence-corrected chi connectivity index (χ2v) is 7.63. The summed E-state index contributed by atoms with van der Waals surface area (Å²) in [5, 5.41) is 6.84. The molecular weight excluding hydrogens is 465 g/mol. The number of carbonyl (C=O) groups excluding carboxylic acids is 3. The van der Waals surface area contributed by atoms with Crippen LogP contribution in [0.2, 0.25) is 10.0 Å². The van der Waals surface area contributed by atoms with Crippen LogP contribution in [0.4, 0.5) is 5.69 Å². The van der Waals surface area contributed by atoms with E-state index in [4.69, 9.17) is 27.9 Å². The van der Waals surface area contributed by atoms with E-state index in [1.165, 1.54) is 30.5 Å². The Kier molecular flexibility index (Phi) is 8.18. The maximum absolute atomic E-state index is 12.3. The van der Waals surface area contributed by atoms with Crippen molar-refractivity contribution in [3.05, 3.63) is 93.5 Å². The summed E-state index contributed by atoms with van der Waals surface area (Å²) >= 11 is 11.9. The van der Waals surface area contributed by atoms with Gasteiger partial charge in [0.2, 0.25) is 0 Å². The van der Waals surface area contributed by atoms with Crippen LogP contribution in [0.15, 0.2) is 71.8 Å². The summed E-state index contributed by atoms with van der Waals surface area (Å²) < 4.78 is 5.33. The highest BCUT2D eigenvalue weighted by Gasteiger charge is 2.14. The van der Waals surface area contributed by atoms with Gasteiger partial charge in [0.15, 0.2) is 0 Å². The Morgan fingerprint density at radius 2 is 1.73 bits per heavy atom. The topological polar surface area (TPSA) is 96.9 Å². The maximum atomic E-state index is 12.3. The van der Waals surface area contributed by atoms with Gasteiger partial charge < -0.3 is 10.1 Å². The number of nitrogens with one attached hydrogen (secondary N) is 2. The van der Waals surface area contributed by atoms with Crippen molar-refractivity contribution in [2.75, 3.05) is 5.32 Å². The zero-order chi connectivity index (χ0) is 23.8. The van der Waals surface area contributed by atoms with Crippen LogP contribution in [-0.2, 0) is 16.0 Å². The lowest BCUT2D eigenvalue weighted by molar-refractivity contribution is -0.136. The molecule has 0 heterocycles. The minimum atomic E-state index is -0.925. The average Bonchev–Trinajstić information content (AvgIpc) is 2.79. The number of halogens is 2. The summed E-state index contributed by atoms with van der Waals surface area (Å²) in [4.78, 5) is 36.3. The Morgan fingerprint density at radius 1 is 0.970 bits per heavy atom. The molecule has 0 aliphatic rings. The first-order valence-electron chi connectivity index (χ1n) is 9.86. The Balaban J connectivity index is 1.56. The molecule has 0 aromatic heterocycles. The van der Waals surface area contributed by atoms with E-state index >= 15 is 0 Å². The van der Waals surface area contributed by atoms with E-state index in [1.807, 2.05) is 19.1 Å². The third kappa shape index (κ3) is 6.90. The van der Waals surface area contributed by atoms with Crippen LogP contribution < -0.4 is 15.5 Å². The van der Waals surface area contributed by atoms with Gasteiger partial charge in [0, 0.05) is 10.7 Å². The van der Waals surface area contributed by atoms with E-state index in [1.54, 1.807) is 30.3 Å². The van der Waals surface area contributed by atoms with Gasteiger partial charge in [0.05, 0.1) is 16.8 Å². The van der Waals surface area contributed by atoms with E-state index in [-0.39, 0.29) is 16.3 Å². The van der Waals surface area contributed by atoms with Gasteiger partial charge in [-0.25, -0.2) is 10.2 Å². The molecule has 3 aromatic rings. The Hall–Kier alpha value is -3.68. The molecule has 0 unspecified atom stereocenters. The molecule has 0 fully saturated rings. The van der Waals surface area contributed by atoms with Gasteiger partial charge in [-0.3, -0.25) is 9.59 Å². The molecule has 3 rings (SSSR count). The summed E-state index contributed by atoms with van der Waals surface area (Å²) in [6.07, 6.45) is 2.19. The zero-order valence-corrected chi connectivity index (χ0v) is 19.0. The smallest absolute Gasteiger partial charge is 0.345 e. The van der Waals surface area contributed by atoms with E-state index in [0.29, 0.717) is 16.3 Å². The van der Waals surface area contributed by atoms with E-state index < -0.39 is 17.8 Å². The van der Waals surface area contributed by atoms with Crippen molar-refractivity contribution in [1.82, 2.24) is 5.43 Å². The highest BCUT2D eigenvalue weighted by atomic mass is 35.5. The number of carbonyl (C=O) groups is 3. The summed E-state index contributed by atoms with van der Waals surface area (Å²) in [5.74, 6) is -2.18. The highest BCUT2D eigenvalue weighted by Crippen LogP contribution is 2.23. The number of hydrazone groups is 1. The number of ether oxygens (including phenoxy) is 1. The van der Waals surface area contributed by atoms with Crippen molar-refractivity contribution >= 4 is 52.9 Å². The van der Waals surface area contributed by atoms with Crippen molar-refractivity contribution in [1.29, 1.82) is 0 Å². The predicted molar refractivity (Wildman–Crippen MR) is 128 cm³/mol. The fourth-order valence-electron chi connectivity index (χ4n) is 2.70. The van der Waals surface area contributed by atoms with Gasteiger partial charge in [-0.2, -0.15) is 5.10 Å². The molecule has 0 aliphatic carbocycles. The molecule has 0 bridgehead atoms. The number of amides is 2. The Bertz CT molecular complexity index is 1210. The number of rotatable bonds is 6. The van der Waals surface area contributed by atoms with Crippen molar-refractivity contribution in [3.8, 4) is 5.75 Å². The number of hydrogen-bond acceptors (Lipinski definition) is 5. The molecular formula is C24H19Cl2N3O4. The Labute approximate surface area is 200 Å². The normalized spacial score (nSPS) is 10.6. The number of nitrogens with zero attached hydrogens (tertiary/aromatic N) is 1. The Morgan fingerprint density at radius 3 is 2.42 bits per heavy atom. The SMILES string of the molecule is CCc1ccc(NC(=O)C(=O)N/N=C/c2cccc(OC(=O)c3ccc(Cl)cc3Cl)c2)cc1. The molecule has 3 aromatic carbocycles. The van der Waals surface area contributed by atoms with Gasteiger partial charge in [-0.1, -0.05) is 54.4 Å². The molecule has 2 amide bonds. The van der Waals surface area contributed by atoms with Crippen LogP contribution in [-0.4, -0.2) is 24.0 Å². The third-order valence-electron chi connectivity index (χ3n) is 4.43. The van der Waals surface area contributed by atoms with E-state index in [0.717, 1.165) is 12.0 Å². The molecule has 2 N–H and O–H groups in total. The second-order valence-electron chi connectivity index (χ2n) is 6.79. The number of hydrogen-bond donors (Lipinski definition) is 2. The van der Waals surface area contributed by atoms with Gasteiger partial charge in [0.1, 0.15) is 5.75 Å². The first kappa shape index (κ1) is 24.0. The fourth-order valence-corrected chi connectivity index (χ4v) is 3.19. The van der Waals surface area contributed by atoms with Crippen molar-refractivity contribution in [2.45, 2.75) is 13.3 Å². The summed E-state index contributed by atoms with van der Waals surface area (Å²) in [7, 11) is 0. The minimum Gasteiger partial charge on any atom is -0.423 e. The monoisotopic (exact) mass is 483 g/mol. The van der Waals surface area contributed by atoms with Crippen LogP contribution in [0.3, 0.4) is 0 Å². The number of esters is 1. The van der Waals surface area contributed by atoms with Crippen molar-refractivity contribution < 1.29 is 19.1 Å². The lowest BCUT2D eigenvalue weighted by atomic mass is 10.1. The lowest BCUT2D eigenvalue weighted by Gasteiger charge is -2.07. The fraction of sp³-hybridized carbons (Fsp3) is 0.0833. The molecule has 0 atom stereocenters. The van der Waals surface area contributed by atoms with Gasteiger partial charge in [-0.05, 0) is 60.0 Å². The number of aryl methyl sites for hydroxylation is 1. The molecule has 9 heteroatoms.